The van der Waals surface area contributed by atoms with Crippen molar-refractivity contribution in [2.45, 2.75) is 25.7 Å². The van der Waals surface area contributed by atoms with E-state index in [1.165, 1.54) is 6.92 Å². The molecule has 0 fully saturated rings. The van der Waals surface area contributed by atoms with Crippen LogP contribution < -0.4 is 5.32 Å². The molecule has 1 N–H and O–H groups in total. The second kappa shape index (κ2) is 5.10. The van der Waals surface area contributed by atoms with E-state index >= 15 is 0 Å². The first-order chi connectivity index (χ1) is 7.71. The van der Waals surface area contributed by atoms with Crippen molar-refractivity contribution in [2.75, 3.05) is 6.54 Å². The van der Waals surface area contributed by atoms with Crippen molar-refractivity contribution in [1.29, 1.82) is 0 Å². The highest BCUT2D eigenvalue weighted by molar-refractivity contribution is 8.13. The van der Waals surface area contributed by atoms with Crippen molar-refractivity contribution in [1.82, 2.24) is 5.32 Å². The molecule has 0 bridgehead atoms. The van der Waals surface area contributed by atoms with E-state index in [1.807, 2.05) is 13.8 Å². The second-order valence-electron chi connectivity index (χ2n) is 4.07. The Morgan fingerprint density at radius 3 is 2.53 bits per heavy atom. The maximum atomic E-state index is 11.6. The number of rotatable bonds is 4. The molecule has 1 heterocycles. The summed E-state index contributed by atoms with van der Waals surface area (Å²) in [4.78, 5) is 11.4. The molecule has 0 aromatic carbocycles. The standard InChI is InChI=1S/C10H14ClNO4S/c1-6(2)5-12-10(13)8-4-9(7(3)16-8)17(11,14)15/h4,6H,5H2,1-3H3,(H,12,13). The molecule has 1 aromatic heterocycles. The van der Waals surface area contributed by atoms with E-state index in [4.69, 9.17) is 15.1 Å². The van der Waals surface area contributed by atoms with Gasteiger partial charge in [0.25, 0.3) is 15.0 Å². The van der Waals surface area contributed by atoms with Crippen molar-refractivity contribution < 1.29 is 17.6 Å². The van der Waals surface area contributed by atoms with Crippen LogP contribution in [0.4, 0.5) is 0 Å². The fraction of sp³-hybridized carbons (Fsp3) is 0.500. The Hall–Kier alpha value is -1.01. The number of amides is 1. The monoisotopic (exact) mass is 279 g/mol. The topological polar surface area (TPSA) is 76.4 Å². The van der Waals surface area contributed by atoms with Crippen LogP contribution in [0.5, 0.6) is 0 Å². The van der Waals surface area contributed by atoms with Gasteiger partial charge in [0.15, 0.2) is 5.76 Å². The van der Waals surface area contributed by atoms with Crippen LogP contribution in [-0.2, 0) is 9.05 Å². The largest absolute Gasteiger partial charge is 0.455 e. The zero-order chi connectivity index (χ0) is 13.2. The average Bonchev–Trinajstić information content (AvgIpc) is 2.56. The van der Waals surface area contributed by atoms with Gasteiger partial charge in [-0.05, 0) is 12.8 Å². The van der Waals surface area contributed by atoms with Crippen molar-refractivity contribution in [3.63, 3.8) is 0 Å². The summed E-state index contributed by atoms with van der Waals surface area (Å²) in [6.07, 6.45) is 0. The van der Waals surface area contributed by atoms with Crippen LogP contribution in [0.15, 0.2) is 15.4 Å². The third-order valence-corrected chi connectivity index (χ3v) is 3.46. The summed E-state index contributed by atoms with van der Waals surface area (Å²) in [6.45, 7) is 5.82. The molecular weight excluding hydrogens is 266 g/mol. The molecule has 1 amide bonds. The zero-order valence-electron chi connectivity index (χ0n) is 9.78. The number of carbonyl (C=O) groups excluding carboxylic acids is 1. The summed E-state index contributed by atoms with van der Waals surface area (Å²) < 4.78 is 27.3. The summed E-state index contributed by atoms with van der Waals surface area (Å²) in [5, 5.41) is 2.62. The number of carbonyl (C=O) groups is 1. The van der Waals surface area contributed by atoms with E-state index < -0.39 is 15.0 Å². The van der Waals surface area contributed by atoms with Gasteiger partial charge in [-0.15, -0.1) is 0 Å². The van der Waals surface area contributed by atoms with Crippen LogP contribution in [0, 0.1) is 12.8 Å². The zero-order valence-corrected chi connectivity index (χ0v) is 11.4. The molecule has 1 aromatic rings. The predicted octanol–water partition coefficient (Wildman–Crippen LogP) is 1.90. The Bertz CT molecular complexity index is 518. The quantitative estimate of drug-likeness (QED) is 0.854. The highest BCUT2D eigenvalue weighted by Gasteiger charge is 2.21. The summed E-state index contributed by atoms with van der Waals surface area (Å²) in [6, 6.07) is 1.13. The first-order valence-corrected chi connectivity index (χ1v) is 7.36. The normalized spacial score (nSPS) is 11.8. The minimum atomic E-state index is -3.88. The third kappa shape index (κ3) is 3.74. The molecule has 0 saturated carbocycles. The molecule has 96 valence electrons. The first kappa shape index (κ1) is 14.1. The molecule has 5 nitrogen and oxygen atoms in total. The lowest BCUT2D eigenvalue weighted by atomic mass is 10.2. The molecule has 0 aliphatic rings. The Morgan fingerprint density at radius 1 is 1.53 bits per heavy atom. The average molecular weight is 280 g/mol. The van der Waals surface area contributed by atoms with Crippen molar-refractivity contribution in [3.8, 4) is 0 Å². The van der Waals surface area contributed by atoms with Gasteiger partial charge in [0.1, 0.15) is 10.7 Å². The molecule has 0 radical (unpaired) electrons. The van der Waals surface area contributed by atoms with Crippen molar-refractivity contribution in [3.05, 3.63) is 17.6 Å². The SMILES string of the molecule is Cc1oc(C(=O)NCC(C)C)cc1S(=O)(=O)Cl. The minimum Gasteiger partial charge on any atom is -0.455 e. The van der Waals surface area contributed by atoms with Crippen LogP contribution in [0.2, 0.25) is 0 Å². The van der Waals surface area contributed by atoms with Gasteiger partial charge in [0, 0.05) is 23.3 Å². The van der Waals surface area contributed by atoms with Crippen molar-refractivity contribution >= 4 is 25.6 Å². The van der Waals surface area contributed by atoms with E-state index in [2.05, 4.69) is 5.32 Å². The van der Waals surface area contributed by atoms with Crippen LogP contribution in [-0.4, -0.2) is 20.9 Å². The Morgan fingerprint density at radius 2 is 2.12 bits per heavy atom. The molecule has 0 atom stereocenters. The summed E-state index contributed by atoms with van der Waals surface area (Å²) in [5.41, 5.74) is 0. The molecule has 1 rings (SSSR count). The molecule has 0 unspecified atom stereocenters. The van der Waals surface area contributed by atoms with E-state index in [-0.39, 0.29) is 16.4 Å². The van der Waals surface area contributed by atoms with Gasteiger partial charge in [-0.1, -0.05) is 13.8 Å². The van der Waals surface area contributed by atoms with Crippen LogP contribution in [0.3, 0.4) is 0 Å². The molecule has 0 aliphatic heterocycles. The van der Waals surface area contributed by atoms with Crippen LogP contribution >= 0.6 is 10.7 Å². The molecule has 17 heavy (non-hydrogen) atoms. The Balaban J connectivity index is 2.91. The molecular formula is C10H14ClNO4S. The number of halogens is 1. The van der Waals surface area contributed by atoms with Crippen LogP contribution in [0.25, 0.3) is 0 Å². The van der Waals surface area contributed by atoms with Gasteiger partial charge in [0.2, 0.25) is 0 Å². The second-order valence-corrected chi connectivity index (χ2v) is 6.61. The number of hydrogen-bond donors (Lipinski definition) is 1. The third-order valence-electron chi connectivity index (χ3n) is 2.03. The first-order valence-electron chi connectivity index (χ1n) is 5.05. The van der Waals surface area contributed by atoms with Gasteiger partial charge in [-0.25, -0.2) is 8.42 Å². The van der Waals surface area contributed by atoms with Gasteiger partial charge in [-0.3, -0.25) is 4.79 Å². The Kier molecular flexibility index (Phi) is 4.21. The highest BCUT2D eigenvalue weighted by atomic mass is 35.7. The predicted molar refractivity (Wildman–Crippen MR) is 63.7 cm³/mol. The number of furan rings is 1. The van der Waals surface area contributed by atoms with Gasteiger partial charge in [0.05, 0.1) is 0 Å². The summed E-state index contributed by atoms with van der Waals surface area (Å²) in [7, 11) is 1.31. The molecule has 7 heteroatoms. The lowest BCUT2D eigenvalue weighted by Crippen LogP contribution is -2.26. The number of nitrogens with one attached hydrogen (secondary N) is 1. The van der Waals surface area contributed by atoms with Gasteiger partial charge in [-0.2, -0.15) is 0 Å². The fourth-order valence-corrected chi connectivity index (χ4v) is 2.30. The van der Waals surface area contributed by atoms with Crippen LogP contribution in [0.1, 0.15) is 30.2 Å². The lowest BCUT2D eigenvalue weighted by molar-refractivity contribution is 0.0920. The molecule has 0 saturated heterocycles. The minimum absolute atomic E-state index is 0.0534. The van der Waals surface area contributed by atoms with E-state index in [0.29, 0.717) is 12.5 Å². The fourth-order valence-electron chi connectivity index (χ4n) is 1.20. The maximum Gasteiger partial charge on any atom is 0.287 e. The molecule has 0 spiro atoms. The molecule has 0 aliphatic carbocycles. The summed E-state index contributed by atoms with van der Waals surface area (Å²) >= 11 is 0. The van der Waals surface area contributed by atoms with Gasteiger partial charge >= 0.3 is 0 Å². The summed E-state index contributed by atoms with van der Waals surface area (Å²) in [5.74, 6) is -0.100. The Labute approximate surface area is 105 Å². The van der Waals surface area contributed by atoms with E-state index in [0.717, 1.165) is 6.07 Å². The maximum absolute atomic E-state index is 11.6. The van der Waals surface area contributed by atoms with Gasteiger partial charge < -0.3 is 9.73 Å². The van der Waals surface area contributed by atoms with E-state index in [9.17, 15) is 13.2 Å². The lowest BCUT2D eigenvalue weighted by Gasteiger charge is -2.04. The van der Waals surface area contributed by atoms with Crippen molar-refractivity contribution in [2.24, 2.45) is 5.92 Å². The smallest absolute Gasteiger partial charge is 0.287 e. The highest BCUT2D eigenvalue weighted by Crippen LogP contribution is 2.23. The number of hydrogen-bond acceptors (Lipinski definition) is 4. The van der Waals surface area contributed by atoms with E-state index in [1.54, 1.807) is 0 Å². The number of aryl methyl sites for hydroxylation is 1.